The van der Waals surface area contributed by atoms with Gasteiger partial charge in [-0.3, -0.25) is 4.98 Å². The van der Waals surface area contributed by atoms with Crippen molar-refractivity contribution in [3.8, 4) is 0 Å². The summed E-state index contributed by atoms with van der Waals surface area (Å²) >= 11 is 3.40. The highest BCUT2D eigenvalue weighted by Crippen LogP contribution is 2.35. The molecule has 2 rings (SSSR count). The van der Waals surface area contributed by atoms with Gasteiger partial charge in [0.1, 0.15) is 0 Å². The van der Waals surface area contributed by atoms with E-state index >= 15 is 0 Å². The summed E-state index contributed by atoms with van der Waals surface area (Å²) in [6.07, 6.45) is 5.84. The summed E-state index contributed by atoms with van der Waals surface area (Å²) in [6, 6.07) is 4.08. The van der Waals surface area contributed by atoms with Crippen molar-refractivity contribution in [2.45, 2.75) is 45.6 Å². The maximum absolute atomic E-state index is 10.1. The zero-order chi connectivity index (χ0) is 13.1. The highest BCUT2D eigenvalue weighted by atomic mass is 79.9. The second kappa shape index (κ2) is 6.16. The molecule has 1 heterocycles. The number of aliphatic hydroxyl groups excluding tert-OH is 1. The molecule has 0 bridgehead atoms. The second-order valence-corrected chi connectivity index (χ2v) is 6.73. The monoisotopic (exact) mass is 311 g/mol. The van der Waals surface area contributed by atoms with Gasteiger partial charge >= 0.3 is 0 Å². The predicted octanol–water partition coefficient (Wildman–Crippen LogP) is 3.82. The molecule has 1 N–H and O–H groups in total. The molecule has 3 unspecified atom stereocenters. The van der Waals surface area contributed by atoms with Crippen LogP contribution in [0.3, 0.4) is 0 Å². The lowest BCUT2D eigenvalue weighted by Crippen LogP contribution is -2.32. The van der Waals surface area contributed by atoms with Gasteiger partial charge in [-0.1, -0.05) is 13.8 Å². The van der Waals surface area contributed by atoms with Crippen LogP contribution in [-0.4, -0.2) is 16.2 Å². The first-order valence-corrected chi connectivity index (χ1v) is 7.64. The average Bonchev–Trinajstić information content (AvgIpc) is 2.34. The Hall–Kier alpha value is -0.410. The molecular weight excluding hydrogens is 290 g/mol. The van der Waals surface area contributed by atoms with Crippen molar-refractivity contribution in [2.24, 2.45) is 17.8 Å². The Morgan fingerprint density at radius 2 is 2.17 bits per heavy atom. The van der Waals surface area contributed by atoms with E-state index in [-0.39, 0.29) is 6.10 Å². The van der Waals surface area contributed by atoms with Crippen molar-refractivity contribution in [3.05, 3.63) is 28.5 Å². The lowest BCUT2D eigenvalue weighted by atomic mass is 9.73. The number of hydrogen-bond acceptors (Lipinski definition) is 2. The van der Waals surface area contributed by atoms with Gasteiger partial charge in [-0.2, -0.15) is 0 Å². The van der Waals surface area contributed by atoms with Crippen molar-refractivity contribution in [1.82, 2.24) is 4.98 Å². The molecule has 1 aromatic rings. The minimum Gasteiger partial charge on any atom is -0.393 e. The van der Waals surface area contributed by atoms with Gasteiger partial charge in [0.2, 0.25) is 0 Å². The fourth-order valence-corrected chi connectivity index (χ4v) is 3.14. The quantitative estimate of drug-likeness (QED) is 0.920. The maximum atomic E-state index is 10.1. The molecule has 1 aliphatic carbocycles. The average molecular weight is 312 g/mol. The molecule has 3 atom stereocenters. The molecule has 0 aliphatic heterocycles. The van der Waals surface area contributed by atoms with E-state index in [4.69, 9.17) is 0 Å². The van der Waals surface area contributed by atoms with Crippen LogP contribution in [0.25, 0.3) is 0 Å². The molecule has 1 aromatic heterocycles. The Morgan fingerprint density at radius 1 is 1.39 bits per heavy atom. The van der Waals surface area contributed by atoms with Gasteiger partial charge in [-0.05, 0) is 71.5 Å². The van der Waals surface area contributed by atoms with E-state index in [9.17, 15) is 5.11 Å². The molecule has 0 spiro atoms. The molecular formula is C15H22BrNO. The van der Waals surface area contributed by atoms with Crippen LogP contribution >= 0.6 is 15.9 Å². The van der Waals surface area contributed by atoms with Crippen LogP contribution in [0.5, 0.6) is 0 Å². The summed E-state index contributed by atoms with van der Waals surface area (Å²) < 4.78 is 1.01. The normalized spacial score (nSPS) is 28.6. The first-order valence-electron chi connectivity index (χ1n) is 6.84. The fraction of sp³-hybridized carbons (Fsp3) is 0.667. The van der Waals surface area contributed by atoms with Crippen LogP contribution in [0.4, 0.5) is 0 Å². The van der Waals surface area contributed by atoms with Gasteiger partial charge in [0, 0.05) is 16.4 Å². The maximum Gasteiger partial charge on any atom is 0.0572 e. The molecule has 1 fully saturated rings. The predicted molar refractivity (Wildman–Crippen MR) is 77.3 cm³/mol. The van der Waals surface area contributed by atoms with Crippen molar-refractivity contribution in [1.29, 1.82) is 0 Å². The number of halogens is 1. The smallest absolute Gasteiger partial charge is 0.0572 e. The van der Waals surface area contributed by atoms with Crippen LogP contribution in [0.1, 0.15) is 38.8 Å². The Labute approximate surface area is 118 Å². The molecule has 18 heavy (non-hydrogen) atoms. The van der Waals surface area contributed by atoms with Crippen LogP contribution in [0.2, 0.25) is 0 Å². The molecule has 100 valence electrons. The van der Waals surface area contributed by atoms with E-state index in [2.05, 4.69) is 40.8 Å². The SMILES string of the molecule is CC(C)C1CCC(O)C(Cc2ccc(Br)cn2)C1. The Bertz CT molecular complexity index is 377. The Morgan fingerprint density at radius 3 is 2.78 bits per heavy atom. The zero-order valence-corrected chi connectivity index (χ0v) is 12.7. The topological polar surface area (TPSA) is 33.1 Å². The summed E-state index contributed by atoms with van der Waals surface area (Å²) in [7, 11) is 0. The molecule has 1 saturated carbocycles. The van der Waals surface area contributed by atoms with Gasteiger partial charge in [0.15, 0.2) is 0 Å². The van der Waals surface area contributed by atoms with E-state index in [0.717, 1.165) is 41.3 Å². The number of nitrogens with zero attached hydrogens (tertiary/aromatic N) is 1. The fourth-order valence-electron chi connectivity index (χ4n) is 2.91. The van der Waals surface area contributed by atoms with Crippen molar-refractivity contribution >= 4 is 15.9 Å². The lowest BCUT2D eigenvalue weighted by Gasteiger charge is -2.35. The number of pyridine rings is 1. The van der Waals surface area contributed by atoms with E-state index < -0.39 is 0 Å². The van der Waals surface area contributed by atoms with Gasteiger partial charge in [0.25, 0.3) is 0 Å². The zero-order valence-electron chi connectivity index (χ0n) is 11.1. The second-order valence-electron chi connectivity index (χ2n) is 5.82. The highest BCUT2D eigenvalue weighted by Gasteiger charge is 2.30. The summed E-state index contributed by atoms with van der Waals surface area (Å²) in [5, 5.41) is 10.1. The third-order valence-corrected chi connectivity index (χ3v) is 4.65. The highest BCUT2D eigenvalue weighted by molar-refractivity contribution is 9.10. The van der Waals surface area contributed by atoms with Crippen molar-refractivity contribution in [3.63, 3.8) is 0 Å². The first kappa shape index (κ1) is 14.0. The number of rotatable bonds is 3. The minimum atomic E-state index is -0.148. The molecule has 1 aliphatic rings. The molecule has 0 saturated heterocycles. The van der Waals surface area contributed by atoms with Crippen molar-refractivity contribution < 1.29 is 5.11 Å². The van der Waals surface area contributed by atoms with Gasteiger partial charge < -0.3 is 5.11 Å². The Balaban J connectivity index is 2.00. The van der Waals surface area contributed by atoms with Crippen LogP contribution in [0.15, 0.2) is 22.8 Å². The van der Waals surface area contributed by atoms with E-state index in [0.29, 0.717) is 5.92 Å². The van der Waals surface area contributed by atoms with E-state index in [1.807, 2.05) is 12.3 Å². The van der Waals surface area contributed by atoms with Crippen LogP contribution in [0, 0.1) is 17.8 Å². The largest absolute Gasteiger partial charge is 0.393 e. The Kier molecular flexibility index (Phi) is 4.79. The van der Waals surface area contributed by atoms with Crippen LogP contribution in [-0.2, 0) is 6.42 Å². The number of aromatic nitrogens is 1. The number of hydrogen-bond donors (Lipinski definition) is 1. The van der Waals surface area contributed by atoms with Crippen molar-refractivity contribution in [2.75, 3.05) is 0 Å². The standard InChI is InChI=1S/C15H22BrNO/c1-10(2)11-3-6-15(18)12(7-11)8-14-5-4-13(16)9-17-14/h4-5,9-12,15,18H,3,6-8H2,1-2H3. The van der Waals surface area contributed by atoms with E-state index in [1.165, 1.54) is 6.42 Å². The summed E-state index contributed by atoms with van der Waals surface area (Å²) in [4.78, 5) is 4.42. The first-order chi connectivity index (χ1) is 8.56. The summed E-state index contributed by atoms with van der Waals surface area (Å²) in [6.45, 7) is 4.58. The minimum absolute atomic E-state index is 0.148. The third-order valence-electron chi connectivity index (χ3n) is 4.19. The van der Waals surface area contributed by atoms with Crippen LogP contribution < -0.4 is 0 Å². The van der Waals surface area contributed by atoms with Gasteiger partial charge in [-0.25, -0.2) is 0 Å². The van der Waals surface area contributed by atoms with Gasteiger partial charge in [0.05, 0.1) is 6.10 Å². The van der Waals surface area contributed by atoms with E-state index in [1.54, 1.807) is 0 Å². The number of aliphatic hydroxyl groups is 1. The summed E-state index contributed by atoms with van der Waals surface area (Å²) in [5.41, 5.74) is 1.09. The molecule has 2 nitrogen and oxygen atoms in total. The third kappa shape index (κ3) is 3.55. The van der Waals surface area contributed by atoms with Gasteiger partial charge in [-0.15, -0.1) is 0 Å². The molecule has 0 aromatic carbocycles. The molecule has 3 heteroatoms. The lowest BCUT2D eigenvalue weighted by molar-refractivity contribution is 0.0374. The molecule has 0 amide bonds. The summed E-state index contributed by atoms with van der Waals surface area (Å²) in [5.74, 6) is 1.85. The molecule has 0 radical (unpaired) electrons.